The molecule has 0 saturated carbocycles. The van der Waals surface area contributed by atoms with Crippen LogP contribution in [0.25, 0.3) is 0 Å². The fraction of sp³-hybridized carbons (Fsp3) is 0.462. The Morgan fingerprint density at radius 1 is 1.32 bits per heavy atom. The number of carbonyl (C=O) groups is 1. The average Bonchev–Trinajstić information content (AvgIpc) is 2.35. The van der Waals surface area contributed by atoms with Gasteiger partial charge in [0.2, 0.25) is 3.79 Å². The van der Waals surface area contributed by atoms with Crippen molar-refractivity contribution in [1.82, 2.24) is 4.90 Å². The smallest absolute Gasteiger partial charge is 0.409 e. The molecule has 19 heavy (non-hydrogen) atoms. The fourth-order valence-electron chi connectivity index (χ4n) is 1.52. The number of amides is 1. The molecule has 1 rings (SSSR count). The largest absolute Gasteiger partial charge is 0.445 e. The molecule has 0 fully saturated rings. The monoisotopic (exact) mass is 323 g/mol. The van der Waals surface area contributed by atoms with Gasteiger partial charge in [-0.2, -0.15) is 0 Å². The van der Waals surface area contributed by atoms with Crippen molar-refractivity contribution >= 4 is 40.9 Å². The van der Waals surface area contributed by atoms with Crippen LogP contribution in [0.5, 0.6) is 0 Å². The number of hydrogen-bond acceptors (Lipinski definition) is 2. The van der Waals surface area contributed by atoms with Gasteiger partial charge in [-0.15, -0.1) is 0 Å². The molecule has 0 spiro atoms. The van der Waals surface area contributed by atoms with Crippen LogP contribution in [0.2, 0.25) is 0 Å². The summed E-state index contributed by atoms with van der Waals surface area (Å²) in [7, 11) is 1.66. The number of benzene rings is 1. The van der Waals surface area contributed by atoms with Crippen LogP contribution in [-0.2, 0) is 11.2 Å². The van der Waals surface area contributed by atoms with Gasteiger partial charge in [0, 0.05) is 13.1 Å². The van der Waals surface area contributed by atoms with Gasteiger partial charge in [0.15, 0.2) is 0 Å². The van der Waals surface area contributed by atoms with E-state index in [4.69, 9.17) is 39.5 Å². The molecule has 1 aromatic carbocycles. The first-order valence-corrected chi connectivity index (χ1v) is 6.93. The van der Waals surface area contributed by atoms with Crippen LogP contribution >= 0.6 is 34.8 Å². The predicted octanol–water partition coefficient (Wildman–Crippen LogP) is 4.06. The summed E-state index contributed by atoms with van der Waals surface area (Å²) < 4.78 is 3.33. The number of ether oxygens (including phenoxy) is 1. The van der Waals surface area contributed by atoms with Crippen molar-refractivity contribution in [2.45, 2.75) is 23.2 Å². The number of halogens is 3. The van der Waals surface area contributed by atoms with Gasteiger partial charge >= 0.3 is 6.09 Å². The van der Waals surface area contributed by atoms with Gasteiger partial charge in [-0.1, -0.05) is 65.1 Å². The van der Waals surface area contributed by atoms with Crippen LogP contribution in [0, 0.1) is 0 Å². The van der Waals surface area contributed by atoms with Crippen LogP contribution in [-0.4, -0.2) is 34.5 Å². The fourth-order valence-corrected chi connectivity index (χ4v) is 1.68. The molecule has 1 atom stereocenters. The summed E-state index contributed by atoms with van der Waals surface area (Å²) in [5.74, 6) is 0. The minimum Gasteiger partial charge on any atom is -0.445 e. The molecule has 1 amide bonds. The number of carbonyl (C=O) groups excluding carboxylic acids is 1. The van der Waals surface area contributed by atoms with Crippen molar-refractivity contribution in [3.63, 3.8) is 0 Å². The lowest BCUT2D eigenvalue weighted by Gasteiger charge is -2.25. The first-order chi connectivity index (χ1) is 8.79. The van der Waals surface area contributed by atoms with Crippen molar-refractivity contribution in [1.29, 1.82) is 0 Å². The zero-order valence-corrected chi connectivity index (χ0v) is 13.0. The number of nitrogens with zero attached hydrogens (tertiary/aromatic N) is 1. The molecule has 0 aliphatic heterocycles. The summed E-state index contributed by atoms with van der Waals surface area (Å²) in [6.07, 6.45) is 0.231. The van der Waals surface area contributed by atoms with Gasteiger partial charge in [0.1, 0.15) is 6.61 Å². The number of likely N-dealkylation sites (N-methyl/N-ethyl adjacent to an activating group) is 1. The Balaban J connectivity index is 2.48. The first-order valence-electron chi connectivity index (χ1n) is 5.80. The summed E-state index contributed by atoms with van der Waals surface area (Å²) in [6.45, 7) is 1.67. The molecular formula is C13H16Cl3NO2. The molecule has 0 aromatic heterocycles. The maximum Gasteiger partial charge on any atom is 0.409 e. The van der Waals surface area contributed by atoms with Gasteiger partial charge in [-0.25, -0.2) is 4.79 Å². The molecule has 0 N–H and O–H groups in total. The maximum absolute atomic E-state index is 11.7. The van der Waals surface area contributed by atoms with Gasteiger partial charge < -0.3 is 9.64 Å². The van der Waals surface area contributed by atoms with Crippen LogP contribution in [0.4, 0.5) is 4.79 Å². The quantitative estimate of drug-likeness (QED) is 0.782. The zero-order valence-electron chi connectivity index (χ0n) is 10.8. The Morgan fingerprint density at radius 3 is 2.42 bits per heavy atom. The molecule has 0 heterocycles. The van der Waals surface area contributed by atoms with E-state index in [1.54, 1.807) is 7.05 Å². The summed E-state index contributed by atoms with van der Waals surface area (Å²) in [5, 5.41) is 0. The van der Waals surface area contributed by atoms with E-state index in [1.165, 1.54) is 4.90 Å². The van der Waals surface area contributed by atoms with Crippen molar-refractivity contribution in [2.24, 2.45) is 0 Å². The van der Waals surface area contributed by atoms with Crippen LogP contribution in [0.15, 0.2) is 30.3 Å². The molecule has 106 valence electrons. The van der Waals surface area contributed by atoms with E-state index in [9.17, 15) is 4.79 Å². The molecule has 0 aliphatic carbocycles. The van der Waals surface area contributed by atoms with Crippen LogP contribution < -0.4 is 0 Å². The summed E-state index contributed by atoms with van der Waals surface area (Å²) in [4.78, 5) is 13.2. The van der Waals surface area contributed by atoms with Gasteiger partial charge in [-0.05, 0) is 18.9 Å². The molecule has 0 radical (unpaired) electrons. The number of hydrogen-bond donors (Lipinski definition) is 0. The lowest BCUT2D eigenvalue weighted by molar-refractivity contribution is 0.101. The minimum atomic E-state index is -1.58. The van der Waals surface area contributed by atoms with Gasteiger partial charge in [-0.3, -0.25) is 0 Å². The average molecular weight is 325 g/mol. The highest BCUT2D eigenvalue weighted by atomic mass is 35.6. The molecule has 0 aliphatic rings. The van der Waals surface area contributed by atoms with E-state index in [-0.39, 0.29) is 12.6 Å². The molecule has 6 heteroatoms. The summed E-state index contributed by atoms with van der Waals surface area (Å²) in [6, 6.07) is 9.89. The lowest BCUT2D eigenvalue weighted by Crippen LogP contribution is -2.38. The van der Waals surface area contributed by atoms with Gasteiger partial charge in [0.25, 0.3) is 0 Å². The van der Waals surface area contributed by atoms with Gasteiger partial charge in [0.05, 0.1) is 0 Å². The Hall–Kier alpha value is -0.640. The van der Waals surface area contributed by atoms with E-state index >= 15 is 0 Å². The van der Waals surface area contributed by atoms with E-state index in [0.717, 1.165) is 12.0 Å². The second-order valence-electron chi connectivity index (χ2n) is 4.32. The second-order valence-corrected chi connectivity index (χ2v) is 6.84. The molecule has 3 nitrogen and oxygen atoms in total. The van der Waals surface area contributed by atoms with Crippen molar-refractivity contribution in [3.8, 4) is 0 Å². The predicted molar refractivity (Wildman–Crippen MR) is 79.0 cm³/mol. The molecule has 0 saturated heterocycles. The Kier molecular flexibility index (Phi) is 6.24. The van der Waals surface area contributed by atoms with E-state index in [0.29, 0.717) is 0 Å². The van der Waals surface area contributed by atoms with E-state index in [1.807, 2.05) is 37.3 Å². The van der Waals surface area contributed by atoms with Crippen molar-refractivity contribution in [2.75, 3.05) is 13.7 Å². The van der Waals surface area contributed by atoms with E-state index in [2.05, 4.69) is 0 Å². The number of alkyl halides is 3. The number of rotatable bonds is 4. The highest BCUT2D eigenvalue weighted by Crippen LogP contribution is 2.26. The Labute approximate surface area is 128 Å². The summed E-state index contributed by atoms with van der Waals surface area (Å²) >= 11 is 16.6. The molecule has 0 unspecified atom stereocenters. The van der Waals surface area contributed by atoms with Crippen LogP contribution in [0.1, 0.15) is 12.5 Å². The third-order valence-corrected chi connectivity index (χ3v) is 3.01. The third kappa shape index (κ3) is 6.37. The SMILES string of the molecule is C[C@H](Cc1ccccc1)N(C)C(=O)OCC(Cl)(Cl)Cl. The highest BCUT2D eigenvalue weighted by Gasteiger charge is 2.24. The van der Waals surface area contributed by atoms with Crippen molar-refractivity contribution in [3.05, 3.63) is 35.9 Å². The second kappa shape index (κ2) is 7.22. The maximum atomic E-state index is 11.7. The first kappa shape index (κ1) is 16.4. The summed E-state index contributed by atoms with van der Waals surface area (Å²) in [5.41, 5.74) is 1.15. The zero-order chi connectivity index (χ0) is 14.5. The standard InChI is InChI=1S/C13H16Cl3NO2/c1-10(8-11-6-4-3-5-7-11)17(2)12(18)19-9-13(14,15)16/h3-7,10H,8-9H2,1-2H3/t10-/m1/s1. The van der Waals surface area contributed by atoms with Crippen molar-refractivity contribution < 1.29 is 9.53 Å². The lowest BCUT2D eigenvalue weighted by atomic mass is 10.1. The molecule has 0 bridgehead atoms. The minimum absolute atomic E-state index is 0.00900. The topological polar surface area (TPSA) is 29.5 Å². The molecular weight excluding hydrogens is 309 g/mol. The van der Waals surface area contributed by atoms with E-state index < -0.39 is 9.89 Å². The Morgan fingerprint density at radius 2 is 1.89 bits per heavy atom. The molecule has 1 aromatic rings. The normalized spacial score (nSPS) is 12.9. The highest BCUT2D eigenvalue weighted by molar-refractivity contribution is 6.67. The Bertz CT molecular complexity index is 406. The van der Waals surface area contributed by atoms with Crippen LogP contribution in [0.3, 0.4) is 0 Å². The third-order valence-electron chi connectivity index (χ3n) is 2.68.